The van der Waals surface area contributed by atoms with Crippen molar-refractivity contribution in [1.29, 1.82) is 0 Å². The fourth-order valence-electron chi connectivity index (χ4n) is 0.496. The molecule has 1 rings (SSSR count). The maximum absolute atomic E-state index is 9.08. The minimum atomic E-state index is -0.00926. The number of nitrogens with zero attached hydrogens (tertiary/aromatic N) is 1. The molecule has 10 heavy (non-hydrogen) atoms. The summed E-state index contributed by atoms with van der Waals surface area (Å²) < 4.78 is 0.607. The normalized spacial score (nSPS) is 9.80. The van der Waals surface area contributed by atoms with Crippen LogP contribution in [0.15, 0.2) is 6.07 Å². The molecule has 3 N–H and O–H groups in total. The van der Waals surface area contributed by atoms with Gasteiger partial charge in [0.1, 0.15) is 5.15 Å². The van der Waals surface area contributed by atoms with Crippen molar-refractivity contribution in [2.45, 2.75) is 0 Å². The van der Waals surface area contributed by atoms with Crippen LogP contribution in [0.2, 0.25) is 5.15 Å². The molecule has 0 aliphatic heterocycles. The second-order valence-electron chi connectivity index (χ2n) is 1.66. The summed E-state index contributed by atoms with van der Waals surface area (Å²) in [4.78, 5) is 3.62. The molecule has 0 aromatic carbocycles. The molecule has 0 radical (unpaired) electrons. The maximum atomic E-state index is 9.08. The van der Waals surface area contributed by atoms with E-state index in [1.54, 1.807) is 0 Å². The summed E-state index contributed by atoms with van der Waals surface area (Å²) in [6.45, 7) is 0. The van der Waals surface area contributed by atoms with Gasteiger partial charge >= 0.3 is 0 Å². The monoisotopic (exact) mass is 270 g/mol. The number of nitrogen functional groups attached to an aromatic ring is 1. The third-order valence-corrected chi connectivity index (χ3v) is 1.96. The molecule has 0 atom stereocenters. The average molecular weight is 270 g/mol. The number of pyridine rings is 1. The summed E-state index contributed by atoms with van der Waals surface area (Å²) in [5.74, 6) is 0.0573. The lowest BCUT2D eigenvalue weighted by molar-refractivity contribution is 0.472. The van der Waals surface area contributed by atoms with Crippen molar-refractivity contribution in [2.24, 2.45) is 0 Å². The van der Waals surface area contributed by atoms with E-state index < -0.39 is 0 Å². The third-order valence-electron chi connectivity index (χ3n) is 0.942. The van der Waals surface area contributed by atoms with Crippen LogP contribution in [0.1, 0.15) is 0 Å². The second kappa shape index (κ2) is 2.79. The quantitative estimate of drug-likeness (QED) is 0.556. The highest BCUT2D eigenvalue weighted by atomic mass is 127. The Morgan fingerprint density at radius 3 is 2.80 bits per heavy atom. The van der Waals surface area contributed by atoms with Crippen molar-refractivity contribution < 1.29 is 5.11 Å². The van der Waals surface area contributed by atoms with Crippen LogP contribution in [0.5, 0.6) is 5.75 Å². The lowest BCUT2D eigenvalue weighted by atomic mass is 10.4. The van der Waals surface area contributed by atoms with Gasteiger partial charge in [-0.3, -0.25) is 0 Å². The van der Waals surface area contributed by atoms with Gasteiger partial charge in [-0.1, -0.05) is 11.6 Å². The molecule has 0 bridgehead atoms. The zero-order valence-electron chi connectivity index (χ0n) is 4.81. The van der Waals surface area contributed by atoms with Crippen LogP contribution in [0.3, 0.4) is 0 Å². The molecule has 0 aliphatic rings. The molecule has 0 saturated heterocycles. The first kappa shape index (κ1) is 7.87. The highest BCUT2D eigenvalue weighted by Gasteiger charge is 2.04. The van der Waals surface area contributed by atoms with Crippen LogP contribution in [0, 0.1) is 3.57 Å². The van der Waals surface area contributed by atoms with Crippen molar-refractivity contribution in [1.82, 2.24) is 4.98 Å². The van der Waals surface area contributed by atoms with Gasteiger partial charge < -0.3 is 10.8 Å². The van der Waals surface area contributed by atoms with Gasteiger partial charge in [0.05, 0.1) is 3.57 Å². The summed E-state index contributed by atoms with van der Waals surface area (Å²) in [6, 6.07) is 1.54. The molecule has 5 heteroatoms. The molecule has 3 nitrogen and oxygen atoms in total. The number of hydrogen-bond acceptors (Lipinski definition) is 3. The maximum Gasteiger partial charge on any atom is 0.171 e. The zero-order chi connectivity index (χ0) is 7.72. The SMILES string of the molecule is Nc1nc(Cl)cc(I)c1O. The molecule has 1 heterocycles. The first-order valence-corrected chi connectivity index (χ1v) is 3.87. The standard InChI is InChI=1S/C5H4ClIN2O/c6-3-1-2(7)4(10)5(8)9-3/h1,10H,(H2,8,9). The van der Waals surface area contributed by atoms with Gasteiger partial charge in [0.15, 0.2) is 11.6 Å². The van der Waals surface area contributed by atoms with Gasteiger partial charge in [-0.05, 0) is 28.7 Å². The molecule has 0 fully saturated rings. The highest BCUT2D eigenvalue weighted by Crippen LogP contribution is 2.26. The van der Waals surface area contributed by atoms with E-state index in [2.05, 4.69) is 4.98 Å². The molecule has 0 spiro atoms. The van der Waals surface area contributed by atoms with Crippen molar-refractivity contribution in [3.63, 3.8) is 0 Å². The first-order chi connectivity index (χ1) is 4.61. The number of anilines is 1. The Morgan fingerprint density at radius 2 is 2.30 bits per heavy atom. The van der Waals surface area contributed by atoms with E-state index >= 15 is 0 Å². The molecule has 1 aromatic heterocycles. The smallest absolute Gasteiger partial charge is 0.171 e. The van der Waals surface area contributed by atoms with E-state index in [-0.39, 0.29) is 11.6 Å². The number of aromatic hydroxyl groups is 1. The van der Waals surface area contributed by atoms with Crippen LogP contribution in [0.4, 0.5) is 5.82 Å². The number of halogens is 2. The second-order valence-corrected chi connectivity index (χ2v) is 3.21. The summed E-state index contributed by atoms with van der Waals surface area (Å²) in [7, 11) is 0. The Balaban J connectivity index is 3.31. The largest absolute Gasteiger partial charge is 0.504 e. The molecule has 0 aliphatic carbocycles. The van der Waals surface area contributed by atoms with Crippen LogP contribution < -0.4 is 5.73 Å². The molecular formula is C5H4ClIN2O. The van der Waals surface area contributed by atoms with E-state index in [1.807, 2.05) is 22.6 Å². The Morgan fingerprint density at radius 1 is 1.70 bits per heavy atom. The predicted molar refractivity (Wildman–Crippen MR) is 48.0 cm³/mol. The van der Waals surface area contributed by atoms with Gasteiger partial charge in [0, 0.05) is 0 Å². The van der Waals surface area contributed by atoms with Crippen LogP contribution in [0.25, 0.3) is 0 Å². The van der Waals surface area contributed by atoms with Gasteiger partial charge in [0.2, 0.25) is 0 Å². The Labute approximate surface area is 76.4 Å². The van der Waals surface area contributed by atoms with Crippen molar-refractivity contribution in [3.8, 4) is 5.75 Å². The van der Waals surface area contributed by atoms with E-state index in [9.17, 15) is 0 Å². The molecule has 0 saturated carbocycles. The number of rotatable bonds is 0. The van der Waals surface area contributed by atoms with Gasteiger partial charge in [-0.15, -0.1) is 0 Å². The molecule has 54 valence electrons. The number of hydrogen-bond donors (Lipinski definition) is 2. The highest BCUT2D eigenvalue weighted by molar-refractivity contribution is 14.1. The van der Waals surface area contributed by atoms with Gasteiger partial charge in [-0.2, -0.15) is 0 Å². The third kappa shape index (κ3) is 1.43. The van der Waals surface area contributed by atoms with E-state index in [4.69, 9.17) is 22.4 Å². The topological polar surface area (TPSA) is 59.1 Å². The lowest BCUT2D eigenvalue weighted by Crippen LogP contribution is -1.92. The number of nitrogens with two attached hydrogens (primary N) is 1. The molecule has 1 aromatic rings. The van der Waals surface area contributed by atoms with Crippen molar-refractivity contribution in [2.75, 3.05) is 5.73 Å². The summed E-state index contributed by atoms with van der Waals surface area (Å²) >= 11 is 7.44. The Bertz CT molecular complexity index is 243. The van der Waals surface area contributed by atoms with Crippen LogP contribution >= 0.6 is 34.2 Å². The Hall–Kier alpha value is -0.230. The molecule has 0 amide bonds. The average Bonchev–Trinajstić information content (AvgIpc) is 1.82. The number of aromatic nitrogens is 1. The fourth-order valence-corrected chi connectivity index (χ4v) is 1.45. The van der Waals surface area contributed by atoms with Crippen molar-refractivity contribution >= 4 is 40.0 Å². The predicted octanol–water partition coefficient (Wildman–Crippen LogP) is 1.63. The van der Waals surface area contributed by atoms with Crippen LogP contribution in [-0.4, -0.2) is 10.1 Å². The minimum Gasteiger partial charge on any atom is -0.504 e. The summed E-state index contributed by atoms with van der Waals surface area (Å²) in [6.07, 6.45) is 0. The Kier molecular flexibility index (Phi) is 2.20. The zero-order valence-corrected chi connectivity index (χ0v) is 7.72. The van der Waals surface area contributed by atoms with Gasteiger partial charge in [-0.25, -0.2) is 4.98 Å². The summed E-state index contributed by atoms with van der Waals surface area (Å²) in [5.41, 5.74) is 5.27. The van der Waals surface area contributed by atoms with E-state index in [0.29, 0.717) is 8.72 Å². The lowest BCUT2D eigenvalue weighted by Gasteiger charge is -1.99. The molecule has 0 unspecified atom stereocenters. The van der Waals surface area contributed by atoms with Crippen molar-refractivity contribution in [3.05, 3.63) is 14.8 Å². The first-order valence-electron chi connectivity index (χ1n) is 2.41. The summed E-state index contributed by atoms with van der Waals surface area (Å²) in [5, 5.41) is 9.37. The molecular weight excluding hydrogens is 266 g/mol. The van der Waals surface area contributed by atoms with E-state index in [0.717, 1.165) is 0 Å². The van der Waals surface area contributed by atoms with Gasteiger partial charge in [0.25, 0.3) is 0 Å². The van der Waals surface area contributed by atoms with Crippen LogP contribution in [-0.2, 0) is 0 Å². The minimum absolute atomic E-state index is 0.00926. The fraction of sp³-hybridized carbons (Fsp3) is 0. The van der Waals surface area contributed by atoms with E-state index in [1.165, 1.54) is 6.07 Å².